The molecule has 2 amide bonds. The van der Waals surface area contributed by atoms with Crippen LogP contribution in [-0.2, 0) is 9.59 Å². The standard InChI is InChI=1S/C19H20N2O4S/c1-11(2)7-8-20-16(22)10-15-17(23)21-18(26-15)13-9-12-5-3-4-6-14(12)25-19(13)24/h3-6,9,11,15H,7-8,10H2,1-2H3,(H,20,22)/t15-/m0/s1. The summed E-state index contributed by atoms with van der Waals surface area (Å²) in [6, 6.07) is 8.82. The highest BCUT2D eigenvalue weighted by Gasteiger charge is 2.32. The molecule has 0 spiro atoms. The van der Waals surface area contributed by atoms with Crippen LogP contribution >= 0.6 is 11.8 Å². The van der Waals surface area contributed by atoms with Gasteiger partial charge in [0.2, 0.25) is 5.91 Å². The largest absolute Gasteiger partial charge is 0.422 e. The number of hydrogen-bond donors (Lipinski definition) is 1. The summed E-state index contributed by atoms with van der Waals surface area (Å²) in [5.74, 6) is -0.0742. The van der Waals surface area contributed by atoms with Gasteiger partial charge in [-0.2, -0.15) is 0 Å². The predicted molar refractivity (Wildman–Crippen MR) is 102 cm³/mol. The van der Waals surface area contributed by atoms with E-state index in [0.29, 0.717) is 23.1 Å². The Labute approximate surface area is 155 Å². The predicted octanol–water partition coefficient (Wildman–Crippen LogP) is 2.73. The summed E-state index contributed by atoms with van der Waals surface area (Å²) in [6.45, 7) is 4.75. The zero-order valence-corrected chi connectivity index (χ0v) is 15.5. The molecule has 0 radical (unpaired) electrons. The normalized spacial score (nSPS) is 17.0. The van der Waals surface area contributed by atoms with Crippen LogP contribution in [0.3, 0.4) is 0 Å². The summed E-state index contributed by atoms with van der Waals surface area (Å²) in [5.41, 5.74) is 0.201. The van der Waals surface area contributed by atoms with Crippen LogP contribution in [0.5, 0.6) is 0 Å². The first-order chi connectivity index (χ1) is 12.4. The van der Waals surface area contributed by atoms with E-state index in [0.717, 1.165) is 23.6 Å². The van der Waals surface area contributed by atoms with Gasteiger partial charge in [-0.3, -0.25) is 9.59 Å². The van der Waals surface area contributed by atoms with E-state index in [1.165, 1.54) is 0 Å². The number of rotatable bonds is 6. The number of aliphatic imine (C=N–C) groups is 1. The fraction of sp³-hybridized carbons (Fsp3) is 0.368. The van der Waals surface area contributed by atoms with Crippen LogP contribution in [-0.4, -0.2) is 28.7 Å². The minimum atomic E-state index is -0.602. The number of carbonyl (C=O) groups is 2. The van der Waals surface area contributed by atoms with Gasteiger partial charge >= 0.3 is 5.63 Å². The number of benzene rings is 1. The second kappa shape index (κ2) is 7.86. The first-order valence-corrected chi connectivity index (χ1v) is 9.41. The lowest BCUT2D eigenvalue weighted by molar-refractivity contribution is -0.124. The molecule has 2 aromatic rings. The van der Waals surface area contributed by atoms with Crippen molar-refractivity contribution in [2.45, 2.75) is 31.9 Å². The van der Waals surface area contributed by atoms with Crippen molar-refractivity contribution in [3.8, 4) is 0 Å². The smallest absolute Gasteiger partial charge is 0.346 e. The zero-order chi connectivity index (χ0) is 18.7. The van der Waals surface area contributed by atoms with E-state index in [2.05, 4.69) is 24.2 Å². The molecule has 1 aromatic carbocycles. The van der Waals surface area contributed by atoms with Crippen LogP contribution in [0.4, 0.5) is 0 Å². The van der Waals surface area contributed by atoms with E-state index in [-0.39, 0.29) is 17.9 Å². The number of nitrogens with one attached hydrogen (secondary N) is 1. The van der Waals surface area contributed by atoms with Crippen molar-refractivity contribution in [3.05, 3.63) is 46.3 Å². The van der Waals surface area contributed by atoms with E-state index in [1.807, 2.05) is 12.1 Å². The number of para-hydroxylation sites is 1. The van der Waals surface area contributed by atoms with Crippen LogP contribution in [0.1, 0.15) is 32.3 Å². The first-order valence-electron chi connectivity index (χ1n) is 8.53. The van der Waals surface area contributed by atoms with Gasteiger partial charge in [0, 0.05) is 18.4 Å². The third-order valence-electron chi connectivity index (χ3n) is 4.03. The van der Waals surface area contributed by atoms with Crippen LogP contribution in [0.2, 0.25) is 0 Å². The van der Waals surface area contributed by atoms with Crippen molar-refractivity contribution < 1.29 is 14.0 Å². The van der Waals surface area contributed by atoms with Crippen molar-refractivity contribution in [2.75, 3.05) is 6.54 Å². The molecule has 0 aliphatic carbocycles. The maximum absolute atomic E-state index is 12.2. The molecule has 2 heterocycles. The highest BCUT2D eigenvalue weighted by molar-refractivity contribution is 8.16. The van der Waals surface area contributed by atoms with E-state index in [9.17, 15) is 14.4 Å². The average molecular weight is 372 g/mol. The van der Waals surface area contributed by atoms with Gasteiger partial charge in [0.15, 0.2) is 0 Å². The third kappa shape index (κ3) is 4.22. The van der Waals surface area contributed by atoms with Gasteiger partial charge < -0.3 is 9.73 Å². The van der Waals surface area contributed by atoms with Crippen LogP contribution in [0.15, 0.2) is 44.5 Å². The SMILES string of the molecule is CC(C)CCNC(=O)C[C@@H]1SC(c2cc3ccccc3oc2=O)=NC1=O. The molecule has 26 heavy (non-hydrogen) atoms. The number of hydrogen-bond acceptors (Lipinski definition) is 5. The molecule has 0 bridgehead atoms. The molecule has 1 atom stereocenters. The molecule has 1 aliphatic heterocycles. The lowest BCUT2D eigenvalue weighted by Gasteiger charge is -2.09. The summed E-state index contributed by atoms with van der Waals surface area (Å²) >= 11 is 1.14. The van der Waals surface area contributed by atoms with E-state index >= 15 is 0 Å². The van der Waals surface area contributed by atoms with E-state index in [1.54, 1.807) is 18.2 Å². The number of amides is 2. The van der Waals surface area contributed by atoms with Gasteiger partial charge in [-0.25, -0.2) is 9.79 Å². The van der Waals surface area contributed by atoms with Gasteiger partial charge in [-0.05, 0) is 24.5 Å². The highest BCUT2D eigenvalue weighted by Crippen LogP contribution is 2.29. The number of thioether (sulfide) groups is 1. The minimum absolute atomic E-state index is 0.0491. The number of nitrogens with zero attached hydrogens (tertiary/aromatic N) is 1. The zero-order valence-electron chi connectivity index (χ0n) is 14.7. The second-order valence-electron chi connectivity index (χ2n) is 6.58. The summed E-state index contributed by atoms with van der Waals surface area (Å²) in [5, 5.41) is 3.29. The van der Waals surface area contributed by atoms with Crippen LogP contribution < -0.4 is 10.9 Å². The van der Waals surface area contributed by atoms with Crippen molar-refractivity contribution in [2.24, 2.45) is 10.9 Å². The summed E-state index contributed by atoms with van der Waals surface area (Å²) < 4.78 is 5.29. The maximum Gasteiger partial charge on any atom is 0.346 e. The quantitative estimate of drug-likeness (QED) is 0.788. The van der Waals surface area contributed by atoms with Gasteiger partial charge in [-0.15, -0.1) is 0 Å². The van der Waals surface area contributed by atoms with Crippen molar-refractivity contribution in [3.63, 3.8) is 0 Å². The Kier molecular flexibility index (Phi) is 5.56. The van der Waals surface area contributed by atoms with Gasteiger partial charge in [0.25, 0.3) is 5.91 Å². The van der Waals surface area contributed by atoms with Gasteiger partial charge in [-0.1, -0.05) is 43.8 Å². The monoisotopic (exact) mass is 372 g/mol. The number of carbonyl (C=O) groups excluding carboxylic acids is 2. The summed E-state index contributed by atoms with van der Waals surface area (Å²) in [6.07, 6.45) is 0.935. The minimum Gasteiger partial charge on any atom is -0.422 e. The van der Waals surface area contributed by atoms with Crippen molar-refractivity contribution in [1.29, 1.82) is 0 Å². The molecule has 0 unspecified atom stereocenters. The Hall–Kier alpha value is -2.41. The molecule has 0 saturated heterocycles. The van der Waals surface area contributed by atoms with Crippen molar-refractivity contribution >= 4 is 39.6 Å². The molecule has 7 heteroatoms. The molecule has 6 nitrogen and oxygen atoms in total. The Morgan fingerprint density at radius 1 is 1.31 bits per heavy atom. The number of fused-ring (bicyclic) bond motifs is 1. The molecule has 3 rings (SSSR count). The molecular formula is C19H20N2O4S. The summed E-state index contributed by atoms with van der Waals surface area (Å²) in [4.78, 5) is 40.3. The highest BCUT2D eigenvalue weighted by atomic mass is 32.2. The third-order valence-corrected chi connectivity index (χ3v) is 5.21. The summed E-state index contributed by atoms with van der Waals surface area (Å²) in [7, 11) is 0. The van der Waals surface area contributed by atoms with E-state index in [4.69, 9.17) is 4.42 Å². The lowest BCUT2D eigenvalue weighted by atomic mass is 10.1. The van der Waals surface area contributed by atoms with Crippen LogP contribution in [0.25, 0.3) is 11.0 Å². The van der Waals surface area contributed by atoms with E-state index < -0.39 is 16.8 Å². The topological polar surface area (TPSA) is 88.7 Å². The Morgan fingerprint density at radius 2 is 2.08 bits per heavy atom. The first kappa shape index (κ1) is 18.4. The average Bonchev–Trinajstić information content (AvgIpc) is 2.94. The Balaban J connectivity index is 1.69. The fourth-order valence-corrected chi connectivity index (χ4v) is 3.66. The van der Waals surface area contributed by atoms with Gasteiger partial charge in [0.05, 0.1) is 5.56 Å². The van der Waals surface area contributed by atoms with Crippen molar-refractivity contribution in [1.82, 2.24) is 5.32 Å². The molecule has 1 N–H and O–H groups in total. The molecular weight excluding hydrogens is 352 g/mol. The van der Waals surface area contributed by atoms with Gasteiger partial charge in [0.1, 0.15) is 15.9 Å². The fourth-order valence-electron chi connectivity index (χ4n) is 2.59. The van der Waals surface area contributed by atoms with Crippen LogP contribution in [0, 0.1) is 5.92 Å². The molecule has 0 fully saturated rings. The Bertz CT molecular complexity index is 933. The molecule has 0 saturated carbocycles. The Morgan fingerprint density at radius 3 is 2.85 bits per heavy atom. The molecule has 1 aromatic heterocycles. The molecule has 136 valence electrons. The second-order valence-corrected chi connectivity index (χ2v) is 7.78. The maximum atomic E-state index is 12.2. The lowest BCUT2D eigenvalue weighted by Crippen LogP contribution is -2.29. The molecule has 1 aliphatic rings.